The number of nitrogens with zero attached hydrogens (tertiary/aromatic N) is 3. The van der Waals surface area contributed by atoms with Gasteiger partial charge >= 0.3 is 0 Å². The molecular weight excluding hydrogens is 358 g/mol. The van der Waals surface area contributed by atoms with E-state index in [0.29, 0.717) is 0 Å². The van der Waals surface area contributed by atoms with E-state index in [0.717, 1.165) is 25.6 Å². The largest absolute Gasteiger partial charge is 0.352 e. The molecule has 1 unspecified atom stereocenters. The Hall–Kier alpha value is -2.37. The van der Waals surface area contributed by atoms with Crippen molar-refractivity contribution in [3.63, 3.8) is 0 Å². The van der Waals surface area contributed by atoms with E-state index in [2.05, 4.69) is 87.8 Å². The highest BCUT2D eigenvalue weighted by molar-refractivity contribution is 5.80. The Kier molecular flexibility index (Phi) is 8.08. The van der Waals surface area contributed by atoms with Crippen LogP contribution in [-0.4, -0.2) is 55.5 Å². The molecule has 1 saturated heterocycles. The normalized spacial score (nSPS) is 17.1. The van der Waals surface area contributed by atoms with E-state index in [-0.39, 0.29) is 6.04 Å². The third-order valence-corrected chi connectivity index (χ3v) is 5.68. The van der Waals surface area contributed by atoms with Crippen LogP contribution < -0.4 is 10.6 Å². The molecule has 0 amide bonds. The van der Waals surface area contributed by atoms with Crippen LogP contribution in [0.5, 0.6) is 0 Å². The van der Waals surface area contributed by atoms with Gasteiger partial charge in [0, 0.05) is 46.3 Å². The lowest BCUT2D eigenvalue weighted by molar-refractivity contribution is 0.132. The van der Waals surface area contributed by atoms with Gasteiger partial charge < -0.3 is 15.5 Å². The predicted octanol–water partition coefficient (Wildman–Crippen LogP) is 3.25. The molecule has 2 aromatic rings. The van der Waals surface area contributed by atoms with Crippen LogP contribution in [0.25, 0.3) is 0 Å². The molecule has 1 aliphatic heterocycles. The molecule has 0 spiro atoms. The van der Waals surface area contributed by atoms with E-state index in [1.165, 1.54) is 42.9 Å². The summed E-state index contributed by atoms with van der Waals surface area (Å²) >= 11 is 0. The standard InChI is InChI=1S/C24H35N5/c1-4-28-14-16-29(17-15-28)19-22-12-10-21(11-13-22)18-26-24(25-3)27-20(2)23-8-6-5-7-9-23/h5-13,20H,4,14-19H2,1-3H3,(H2,25,26,27). The highest BCUT2D eigenvalue weighted by atomic mass is 15.3. The first kappa shape index (κ1) is 21.3. The molecule has 1 aliphatic rings. The number of hydrogen-bond acceptors (Lipinski definition) is 3. The van der Waals surface area contributed by atoms with Crippen molar-refractivity contribution < 1.29 is 0 Å². The zero-order valence-corrected chi connectivity index (χ0v) is 18.1. The van der Waals surface area contributed by atoms with Crippen molar-refractivity contribution in [3.05, 3.63) is 71.3 Å². The monoisotopic (exact) mass is 393 g/mol. The van der Waals surface area contributed by atoms with Gasteiger partial charge in [-0.2, -0.15) is 0 Å². The fraction of sp³-hybridized carbons (Fsp3) is 0.458. The van der Waals surface area contributed by atoms with Gasteiger partial charge in [0.2, 0.25) is 0 Å². The molecule has 29 heavy (non-hydrogen) atoms. The Balaban J connectivity index is 1.45. The molecular formula is C24H35N5. The van der Waals surface area contributed by atoms with E-state index >= 15 is 0 Å². The van der Waals surface area contributed by atoms with Crippen LogP contribution in [0, 0.1) is 0 Å². The Morgan fingerprint density at radius 2 is 1.55 bits per heavy atom. The number of guanidine groups is 1. The van der Waals surface area contributed by atoms with Crippen molar-refractivity contribution in [2.24, 2.45) is 4.99 Å². The number of nitrogens with one attached hydrogen (secondary N) is 2. The molecule has 1 heterocycles. The van der Waals surface area contributed by atoms with Crippen molar-refractivity contribution in [2.75, 3.05) is 39.8 Å². The molecule has 0 radical (unpaired) electrons. The average molecular weight is 394 g/mol. The van der Waals surface area contributed by atoms with E-state index in [4.69, 9.17) is 0 Å². The minimum Gasteiger partial charge on any atom is -0.352 e. The fourth-order valence-electron chi connectivity index (χ4n) is 3.69. The third kappa shape index (κ3) is 6.58. The minimum atomic E-state index is 0.206. The molecule has 0 bridgehead atoms. The summed E-state index contributed by atoms with van der Waals surface area (Å²) in [6, 6.07) is 19.6. The number of piperazine rings is 1. The smallest absolute Gasteiger partial charge is 0.191 e. The summed E-state index contributed by atoms with van der Waals surface area (Å²) in [5.41, 5.74) is 3.90. The number of benzene rings is 2. The number of aliphatic imine (C=N–C) groups is 1. The molecule has 1 fully saturated rings. The van der Waals surface area contributed by atoms with Crippen LogP contribution in [0.3, 0.4) is 0 Å². The van der Waals surface area contributed by atoms with Gasteiger partial charge in [-0.1, -0.05) is 61.5 Å². The predicted molar refractivity (Wildman–Crippen MR) is 122 cm³/mol. The number of likely N-dealkylation sites (N-methyl/N-ethyl adjacent to an activating group) is 1. The lowest BCUT2D eigenvalue weighted by atomic mass is 10.1. The van der Waals surface area contributed by atoms with Crippen LogP contribution in [0.15, 0.2) is 59.6 Å². The molecule has 5 nitrogen and oxygen atoms in total. The van der Waals surface area contributed by atoms with Gasteiger partial charge in [0.25, 0.3) is 0 Å². The summed E-state index contributed by atoms with van der Waals surface area (Å²) in [6.45, 7) is 12.1. The van der Waals surface area contributed by atoms with Gasteiger partial charge in [0.1, 0.15) is 0 Å². The van der Waals surface area contributed by atoms with Crippen LogP contribution in [0.1, 0.15) is 36.6 Å². The molecule has 2 aromatic carbocycles. The van der Waals surface area contributed by atoms with Crippen molar-refractivity contribution in [2.45, 2.75) is 33.0 Å². The van der Waals surface area contributed by atoms with Gasteiger partial charge in [-0.25, -0.2) is 0 Å². The quantitative estimate of drug-likeness (QED) is 0.560. The maximum Gasteiger partial charge on any atom is 0.191 e. The number of hydrogen-bond donors (Lipinski definition) is 2. The van der Waals surface area contributed by atoms with Crippen LogP contribution in [0.4, 0.5) is 0 Å². The van der Waals surface area contributed by atoms with Crippen molar-refractivity contribution in [3.8, 4) is 0 Å². The second kappa shape index (κ2) is 11.0. The fourth-order valence-corrected chi connectivity index (χ4v) is 3.69. The highest BCUT2D eigenvalue weighted by Crippen LogP contribution is 2.12. The molecule has 3 rings (SSSR count). The summed E-state index contributed by atoms with van der Waals surface area (Å²) in [6.07, 6.45) is 0. The van der Waals surface area contributed by atoms with Gasteiger partial charge in [-0.05, 0) is 30.2 Å². The second-order valence-electron chi connectivity index (χ2n) is 7.73. The molecule has 5 heteroatoms. The van der Waals surface area contributed by atoms with E-state index < -0.39 is 0 Å². The average Bonchev–Trinajstić information content (AvgIpc) is 2.78. The summed E-state index contributed by atoms with van der Waals surface area (Å²) in [4.78, 5) is 9.43. The lowest BCUT2D eigenvalue weighted by Crippen LogP contribution is -2.45. The topological polar surface area (TPSA) is 42.9 Å². The second-order valence-corrected chi connectivity index (χ2v) is 7.73. The molecule has 0 saturated carbocycles. The minimum absolute atomic E-state index is 0.206. The Morgan fingerprint density at radius 3 is 2.17 bits per heavy atom. The van der Waals surface area contributed by atoms with Crippen molar-refractivity contribution >= 4 is 5.96 Å². The SMILES string of the molecule is CCN1CCN(Cc2ccc(CNC(=NC)NC(C)c3ccccc3)cc2)CC1. The third-order valence-electron chi connectivity index (χ3n) is 5.68. The summed E-state index contributed by atoms with van der Waals surface area (Å²) in [5.74, 6) is 0.819. The van der Waals surface area contributed by atoms with E-state index in [9.17, 15) is 0 Å². The Bertz CT molecular complexity index is 749. The van der Waals surface area contributed by atoms with Gasteiger partial charge in [-0.15, -0.1) is 0 Å². The summed E-state index contributed by atoms with van der Waals surface area (Å²) < 4.78 is 0. The van der Waals surface area contributed by atoms with Crippen molar-refractivity contribution in [1.82, 2.24) is 20.4 Å². The maximum atomic E-state index is 4.36. The first-order chi connectivity index (χ1) is 14.2. The first-order valence-electron chi connectivity index (χ1n) is 10.7. The van der Waals surface area contributed by atoms with Crippen molar-refractivity contribution in [1.29, 1.82) is 0 Å². The summed E-state index contributed by atoms with van der Waals surface area (Å²) in [5, 5.41) is 6.88. The van der Waals surface area contributed by atoms with E-state index in [1.54, 1.807) is 0 Å². The van der Waals surface area contributed by atoms with Crippen LogP contribution in [0.2, 0.25) is 0 Å². The zero-order valence-electron chi connectivity index (χ0n) is 18.1. The molecule has 156 valence electrons. The maximum absolute atomic E-state index is 4.36. The molecule has 1 atom stereocenters. The highest BCUT2D eigenvalue weighted by Gasteiger charge is 2.15. The van der Waals surface area contributed by atoms with Gasteiger partial charge in [0.05, 0.1) is 6.04 Å². The molecule has 0 aromatic heterocycles. The first-order valence-corrected chi connectivity index (χ1v) is 10.7. The zero-order chi connectivity index (χ0) is 20.5. The van der Waals surface area contributed by atoms with Gasteiger partial charge in [-0.3, -0.25) is 9.89 Å². The Labute approximate surface area is 175 Å². The summed E-state index contributed by atoms with van der Waals surface area (Å²) in [7, 11) is 1.81. The van der Waals surface area contributed by atoms with E-state index in [1.807, 2.05) is 13.1 Å². The number of rotatable bonds is 7. The molecule has 0 aliphatic carbocycles. The molecule has 2 N–H and O–H groups in total. The van der Waals surface area contributed by atoms with Crippen LogP contribution in [-0.2, 0) is 13.1 Å². The van der Waals surface area contributed by atoms with Crippen LogP contribution >= 0.6 is 0 Å². The lowest BCUT2D eigenvalue weighted by Gasteiger charge is -2.34. The Morgan fingerprint density at radius 1 is 0.931 bits per heavy atom. The van der Waals surface area contributed by atoms with Gasteiger partial charge in [0.15, 0.2) is 5.96 Å².